The highest BCUT2D eigenvalue weighted by Gasteiger charge is 2.20. The Kier molecular flexibility index (Phi) is 7.26. The van der Waals surface area contributed by atoms with Crippen LogP contribution < -0.4 is 10.1 Å². The molecule has 1 N–H and O–H groups in total. The van der Waals surface area contributed by atoms with Crippen molar-refractivity contribution in [3.63, 3.8) is 0 Å². The number of halogens is 3. The monoisotopic (exact) mass is 324 g/mol. The summed E-state index contributed by atoms with van der Waals surface area (Å²) in [5.74, 6) is 0.699. The highest BCUT2D eigenvalue weighted by atomic mass is 35.5. The molecule has 1 heterocycles. The third-order valence-electron chi connectivity index (χ3n) is 3.24. The molecule has 19 heavy (non-hydrogen) atoms. The minimum atomic E-state index is 0. The van der Waals surface area contributed by atoms with Crippen LogP contribution in [0.15, 0.2) is 18.2 Å². The molecule has 0 aliphatic carbocycles. The smallest absolute Gasteiger partial charge is 0.138 e. The van der Waals surface area contributed by atoms with Gasteiger partial charge in [-0.3, -0.25) is 4.90 Å². The molecule has 1 aromatic carbocycles. The first-order valence-corrected chi connectivity index (χ1v) is 6.92. The molecule has 3 nitrogen and oxygen atoms in total. The summed E-state index contributed by atoms with van der Waals surface area (Å²) in [6.07, 6.45) is 1.21. The van der Waals surface area contributed by atoms with Gasteiger partial charge in [-0.05, 0) is 38.2 Å². The lowest BCUT2D eigenvalue weighted by Gasteiger charge is -2.16. The van der Waals surface area contributed by atoms with Crippen molar-refractivity contribution in [2.24, 2.45) is 0 Å². The lowest BCUT2D eigenvalue weighted by atomic mass is 10.3. The third-order valence-corrected chi connectivity index (χ3v) is 3.77. The molecule has 1 aliphatic rings. The molecule has 1 saturated heterocycles. The van der Waals surface area contributed by atoms with Crippen LogP contribution in [0.1, 0.15) is 6.42 Å². The topological polar surface area (TPSA) is 24.5 Å². The fourth-order valence-electron chi connectivity index (χ4n) is 2.15. The second-order valence-electron chi connectivity index (χ2n) is 4.50. The standard InChI is InChI=1S/C13H18Cl2N2O.ClH/c1-16-11-4-5-17(9-11)6-7-18-13-3-2-10(14)8-12(13)15;/h2-3,8,11,16H,4-7,9H2,1H3;1H. The first-order valence-electron chi connectivity index (χ1n) is 6.16. The van der Waals surface area contributed by atoms with Crippen LogP contribution in [-0.4, -0.2) is 44.2 Å². The molecule has 2 rings (SSSR count). The highest BCUT2D eigenvalue weighted by molar-refractivity contribution is 6.35. The van der Waals surface area contributed by atoms with Crippen molar-refractivity contribution in [1.29, 1.82) is 0 Å². The molecule has 0 radical (unpaired) electrons. The third kappa shape index (κ3) is 5.01. The summed E-state index contributed by atoms with van der Waals surface area (Å²) in [6.45, 7) is 3.80. The van der Waals surface area contributed by atoms with Crippen molar-refractivity contribution in [2.45, 2.75) is 12.5 Å². The molecule has 108 valence electrons. The lowest BCUT2D eigenvalue weighted by molar-refractivity contribution is 0.235. The summed E-state index contributed by atoms with van der Waals surface area (Å²) in [4.78, 5) is 2.39. The molecule has 1 unspecified atom stereocenters. The predicted octanol–water partition coefficient (Wildman–Crippen LogP) is 3.09. The molecular formula is C13H19Cl3N2O. The average molecular weight is 326 g/mol. The number of hydrogen-bond donors (Lipinski definition) is 1. The first kappa shape index (κ1) is 16.9. The molecule has 0 spiro atoms. The summed E-state index contributed by atoms with van der Waals surface area (Å²) in [7, 11) is 2.01. The molecule has 6 heteroatoms. The van der Waals surface area contributed by atoms with Crippen molar-refractivity contribution < 1.29 is 4.74 Å². The van der Waals surface area contributed by atoms with E-state index in [4.69, 9.17) is 27.9 Å². The van der Waals surface area contributed by atoms with Crippen molar-refractivity contribution in [3.8, 4) is 5.75 Å². The number of hydrogen-bond acceptors (Lipinski definition) is 3. The van der Waals surface area contributed by atoms with Gasteiger partial charge in [-0.2, -0.15) is 0 Å². The largest absolute Gasteiger partial charge is 0.491 e. The molecule has 1 aliphatic heterocycles. The van der Waals surface area contributed by atoms with E-state index in [1.807, 2.05) is 13.1 Å². The summed E-state index contributed by atoms with van der Waals surface area (Å²) in [6, 6.07) is 5.91. The van der Waals surface area contributed by atoms with Gasteiger partial charge in [-0.25, -0.2) is 0 Å². The van der Waals surface area contributed by atoms with E-state index in [9.17, 15) is 0 Å². The van der Waals surface area contributed by atoms with Gasteiger partial charge < -0.3 is 10.1 Å². The van der Waals surface area contributed by atoms with Crippen molar-refractivity contribution in [3.05, 3.63) is 28.2 Å². The minimum Gasteiger partial charge on any atom is -0.491 e. The maximum Gasteiger partial charge on any atom is 0.138 e. The van der Waals surface area contributed by atoms with E-state index < -0.39 is 0 Å². The summed E-state index contributed by atoms with van der Waals surface area (Å²) >= 11 is 11.9. The Hall–Kier alpha value is -0.190. The van der Waals surface area contributed by atoms with E-state index in [2.05, 4.69) is 10.2 Å². The van der Waals surface area contributed by atoms with Gasteiger partial charge in [0.1, 0.15) is 12.4 Å². The molecule has 0 aromatic heterocycles. The number of likely N-dealkylation sites (tertiary alicyclic amines) is 1. The number of nitrogens with zero attached hydrogens (tertiary/aromatic N) is 1. The molecule has 1 atom stereocenters. The number of ether oxygens (including phenoxy) is 1. The Bertz CT molecular complexity index is 403. The number of nitrogens with one attached hydrogen (secondary N) is 1. The second kappa shape index (κ2) is 8.18. The maximum atomic E-state index is 6.04. The zero-order valence-corrected chi connectivity index (χ0v) is 13.2. The van der Waals surface area contributed by atoms with Crippen LogP contribution in [-0.2, 0) is 0 Å². The molecule has 0 saturated carbocycles. The zero-order valence-electron chi connectivity index (χ0n) is 10.9. The summed E-state index contributed by atoms with van der Waals surface area (Å²) < 4.78 is 5.67. The van der Waals surface area contributed by atoms with Crippen LogP contribution in [0.5, 0.6) is 5.75 Å². The number of benzene rings is 1. The van der Waals surface area contributed by atoms with Gasteiger partial charge >= 0.3 is 0 Å². The Morgan fingerprint density at radius 2 is 2.21 bits per heavy atom. The van der Waals surface area contributed by atoms with Crippen molar-refractivity contribution >= 4 is 35.6 Å². The van der Waals surface area contributed by atoms with Crippen LogP contribution in [0.2, 0.25) is 10.0 Å². The van der Waals surface area contributed by atoms with Gasteiger partial charge in [-0.1, -0.05) is 23.2 Å². The summed E-state index contributed by atoms with van der Waals surface area (Å²) in [5.41, 5.74) is 0. The predicted molar refractivity (Wildman–Crippen MR) is 83.1 cm³/mol. The molecule has 1 fully saturated rings. The Morgan fingerprint density at radius 3 is 2.84 bits per heavy atom. The van der Waals surface area contributed by atoms with Crippen molar-refractivity contribution in [2.75, 3.05) is 33.3 Å². The number of likely N-dealkylation sites (N-methyl/N-ethyl adjacent to an activating group) is 1. The van der Waals surface area contributed by atoms with Crippen LogP contribution in [0.4, 0.5) is 0 Å². The van der Waals surface area contributed by atoms with E-state index in [0.717, 1.165) is 19.6 Å². The van der Waals surface area contributed by atoms with Crippen LogP contribution in [0.3, 0.4) is 0 Å². The normalized spacial score (nSPS) is 19.2. The molecular weight excluding hydrogens is 307 g/mol. The lowest BCUT2D eigenvalue weighted by Crippen LogP contribution is -2.31. The van der Waals surface area contributed by atoms with Gasteiger partial charge in [0.25, 0.3) is 0 Å². The van der Waals surface area contributed by atoms with Crippen LogP contribution in [0, 0.1) is 0 Å². The van der Waals surface area contributed by atoms with Gasteiger partial charge in [0.2, 0.25) is 0 Å². The van der Waals surface area contributed by atoms with Gasteiger partial charge in [0.05, 0.1) is 5.02 Å². The molecule has 0 amide bonds. The van der Waals surface area contributed by atoms with E-state index in [1.165, 1.54) is 6.42 Å². The fraction of sp³-hybridized carbons (Fsp3) is 0.538. The Balaban J connectivity index is 0.00000180. The van der Waals surface area contributed by atoms with Gasteiger partial charge in [-0.15, -0.1) is 12.4 Å². The minimum absolute atomic E-state index is 0. The maximum absolute atomic E-state index is 6.04. The second-order valence-corrected chi connectivity index (χ2v) is 5.34. The van der Waals surface area contributed by atoms with Crippen LogP contribution in [0.25, 0.3) is 0 Å². The van der Waals surface area contributed by atoms with Crippen molar-refractivity contribution in [1.82, 2.24) is 10.2 Å². The van der Waals surface area contributed by atoms with E-state index >= 15 is 0 Å². The summed E-state index contributed by atoms with van der Waals surface area (Å²) in [5, 5.41) is 4.49. The van der Waals surface area contributed by atoms with E-state index in [1.54, 1.807) is 12.1 Å². The average Bonchev–Trinajstić information content (AvgIpc) is 2.80. The fourth-order valence-corrected chi connectivity index (χ4v) is 2.61. The van der Waals surface area contributed by atoms with Crippen LogP contribution >= 0.6 is 35.6 Å². The molecule has 0 bridgehead atoms. The Morgan fingerprint density at radius 1 is 1.42 bits per heavy atom. The zero-order chi connectivity index (χ0) is 13.0. The number of rotatable bonds is 5. The Labute approximate surface area is 130 Å². The molecule has 1 aromatic rings. The van der Waals surface area contributed by atoms with Gasteiger partial charge in [0, 0.05) is 24.2 Å². The van der Waals surface area contributed by atoms with E-state index in [-0.39, 0.29) is 12.4 Å². The van der Waals surface area contributed by atoms with Gasteiger partial charge in [0.15, 0.2) is 0 Å². The van der Waals surface area contributed by atoms with E-state index in [0.29, 0.717) is 28.4 Å². The SMILES string of the molecule is CNC1CCN(CCOc2ccc(Cl)cc2Cl)C1.Cl. The quantitative estimate of drug-likeness (QED) is 0.900. The highest BCUT2D eigenvalue weighted by Crippen LogP contribution is 2.27. The first-order chi connectivity index (χ1) is 8.69.